The van der Waals surface area contributed by atoms with Crippen molar-refractivity contribution in [1.82, 2.24) is 14.8 Å². The van der Waals surface area contributed by atoms with Crippen LogP contribution in [0.3, 0.4) is 0 Å². The molecule has 1 unspecified atom stereocenters. The van der Waals surface area contributed by atoms with Gasteiger partial charge < -0.3 is 20.1 Å². The van der Waals surface area contributed by atoms with Crippen LogP contribution in [0.4, 0.5) is 11.6 Å². The fourth-order valence-electron chi connectivity index (χ4n) is 4.63. The van der Waals surface area contributed by atoms with E-state index in [2.05, 4.69) is 36.6 Å². The minimum atomic E-state index is -0.517. The maximum atomic E-state index is 13.9. The summed E-state index contributed by atoms with van der Waals surface area (Å²) in [5.41, 5.74) is 5.00. The predicted octanol–water partition coefficient (Wildman–Crippen LogP) is 6.60. The zero-order valence-corrected chi connectivity index (χ0v) is 23.9. The minimum absolute atomic E-state index is 0.255. The van der Waals surface area contributed by atoms with Crippen LogP contribution in [-0.2, 0) is 11.4 Å². The molecule has 1 amide bonds. The molecule has 0 fully saturated rings. The van der Waals surface area contributed by atoms with Crippen LogP contribution in [0.25, 0.3) is 0 Å². The van der Waals surface area contributed by atoms with Crippen molar-refractivity contribution in [3.05, 3.63) is 101 Å². The number of hydrogen-bond acceptors (Lipinski definition) is 7. The Morgan fingerprint density at radius 3 is 2.67 bits per heavy atom. The van der Waals surface area contributed by atoms with E-state index in [1.165, 1.54) is 5.56 Å². The molecule has 0 spiro atoms. The molecule has 1 aliphatic rings. The Morgan fingerprint density at radius 2 is 1.88 bits per heavy atom. The number of ether oxygens (including phenoxy) is 2. The summed E-state index contributed by atoms with van der Waals surface area (Å²) in [5, 5.41) is 11.8. The van der Waals surface area contributed by atoms with Gasteiger partial charge in [-0.3, -0.25) is 4.79 Å². The fourth-order valence-corrected chi connectivity index (χ4v) is 5.32. The van der Waals surface area contributed by atoms with E-state index in [4.69, 9.17) is 19.6 Å². The Morgan fingerprint density at radius 1 is 1.07 bits per heavy atom. The summed E-state index contributed by atoms with van der Waals surface area (Å²) < 4.78 is 13.5. The number of amides is 1. The lowest BCUT2D eigenvalue weighted by Crippen LogP contribution is -2.31. The number of aryl methyl sites for hydroxylation is 1. The molecule has 0 radical (unpaired) electrons. The van der Waals surface area contributed by atoms with Crippen LogP contribution in [-0.4, -0.2) is 33.5 Å². The SMILES string of the molecule is CCCSc1nc2n(n1)C(c1cccc(OCc3ccccc3C)c1)C(C(=O)Nc1ccccc1OC)=C(C)N2. The molecule has 2 N–H and O–H groups in total. The number of aromatic nitrogens is 3. The second-order valence-corrected chi connectivity index (χ2v) is 10.6. The van der Waals surface area contributed by atoms with Crippen molar-refractivity contribution in [3.8, 4) is 11.5 Å². The van der Waals surface area contributed by atoms with E-state index in [-0.39, 0.29) is 5.91 Å². The zero-order valence-electron chi connectivity index (χ0n) is 23.1. The maximum absolute atomic E-state index is 13.9. The number of benzene rings is 3. The Bertz CT molecular complexity index is 1550. The number of carbonyl (C=O) groups is 1. The monoisotopic (exact) mass is 555 g/mol. The normalized spacial score (nSPS) is 14.3. The molecule has 3 aromatic carbocycles. The van der Waals surface area contributed by atoms with Crippen molar-refractivity contribution < 1.29 is 14.3 Å². The Hall–Kier alpha value is -4.24. The summed E-state index contributed by atoms with van der Waals surface area (Å²) in [6, 6.07) is 22.8. The molecule has 0 saturated carbocycles. The van der Waals surface area contributed by atoms with E-state index in [0.29, 0.717) is 46.2 Å². The van der Waals surface area contributed by atoms with Gasteiger partial charge in [0.1, 0.15) is 24.1 Å². The van der Waals surface area contributed by atoms with Crippen molar-refractivity contribution >= 4 is 29.3 Å². The van der Waals surface area contributed by atoms with Gasteiger partial charge in [-0.2, -0.15) is 4.98 Å². The van der Waals surface area contributed by atoms with Gasteiger partial charge in [0, 0.05) is 11.4 Å². The highest BCUT2D eigenvalue weighted by Crippen LogP contribution is 2.38. The van der Waals surface area contributed by atoms with E-state index in [1.54, 1.807) is 23.6 Å². The van der Waals surface area contributed by atoms with Gasteiger partial charge in [0.25, 0.3) is 5.91 Å². The third kappa shape index (κ3) is 5.84. The van der Waals surface area contributed by atoms with E-state index in [1.807, 2.05) is 67.6 Å². The number of thioether (sulfide) groups is 1. The van der Waals surface area contributed by atoms with Crippen LogP contribution < -0.4 is 20.1 Å². The van der Waals surface area contributed by atoms with Crippen LogP contribution in [0.2, 0.25) is 0 Å². The average Bonchev–Trinajstić information content (AvgIpc) is 3.37. The first-order valence-electron chi connectivity index (χ1n) is 13.3. The summed E-state index contributed by atoms with van der Waals surface area (Å²) in [5.74, 6) is 2.55. The van der Waals surface area contributed by atoms with Crippen LogP contribution >= 0.6 is 11.8 Å². The lowest BCUT2D eigenvalue weighted by Gasteiger charge is -2.29. The van der Waals surface area contributed by atoms with Gasteiger partial charge in [-0.25, -0.2) is 4.68 Å². The van der Waals surface area contributed by atoms with Gasteiger partial charge in [-0.05, 0) is 61.2 Å². The molecule has 2 heterocycles. The van der Waals surface area contributed by atoms with Gasteiger partial charge in [0.2, 0.25) is 11.1 Å². The van der Waals surface area contributed by atoms with E-state index in [0.717, 1.165) is 23.3 Å². The smallest absolute Gasteiger partial charge is 0.255 e. The van der Waals surface area contributed by atoms with Crippen LogP contribution in [0.1, 0.15) is 43.0 Å². The molecule has 4 aromatic rings. The zero-order chi connectivity index (χ0) is 28.1. The number of para-hydroxylation sites is 2. The molecule has 1 atom stereocenters. The lowest BCUT2D eigenvalue weighted by molar-refractivity contribution is -0.113. The molecule has 0 bridgehead atoms. The average molecular weight is 556 g/mol. The lowest BCUT2D eigenvalue weighted by atomic mass is 9.94. The second-order valence-electron chi connectivity index (χ2n) is 9.52. The van der Waals surface area contributed by atoms with Crippen molar-refractivity contribution in [2.24, 2.45) is 0 Å². The molecule has 1 aliphatic heterocycles. The van der Waals surface area contributed by atoms with Crippen LogP contribution in [0.15, 0.2) is 89.2 Å². The van der Waals surface area contributed by atoms with Gasteiger partial charge in [0.15, 0.2) is 0 Å². The number of allylic oxidation sites excluding steroid dienone is 1. The number of methoxy groups -OCH3 is 1. The van der Waals surface area contributed by atoms with Crippen LogP contribution in [0, 0.1) is 6.92 Å². The largest absolute Gasteiger partial charge is 0.495 e. The molecule has 206 valence electrons. The summed E-state index contributed by atoms with van der Waals surface area (Å²) >= 11 is 1.60. The molecular formula is C31H33N5O3S. The topological polar surface area (TPSA) is 90.3 Å². The predicted molar refractivity (Wildman–Crippen MR) is 159 cm³/mol. The number of nitrogens with one attached hydrogen (secondary N) is 2. The fraction of sp³-hybridized carbons (Fsp3) is 0.258. The molecule has 0 saturated heterocycles. The summed E-state index contributed by atoms with van der Waals surface area (Å²) in [7, 11) is 1.58. The van der Waals surface area contributed by atoms with Crippen LogP contribution in [0.5, 0.6) is 11.5 Å². The highest BCUT2D eigenvalue weighted by Gasteiger charge is 2.35. The Balaban J connectivity index is 1.51. The Labute approximate surface area is 238 Å². The third-order valence-corrected chi connectivity index (χ3v) is 7.74. The number of hydrogen-bond donors (Lipinski definition) is 2. The number of anilines is 2. The molecular weight excluding hydrogens is 522 g/mol. The summed E-state index contributed by atoms with van der Waals surface area (Å²) in [4.78, 5) is 18.6. The Kier molecular flexibility index (Phi) is 8.40. The minimum Gasteiger partial charge on any atom is -0.495 e. The standard InChI is InChI=1S/C31H33N5O3S/c1-5-17-40-31-34-30-32-21(3)27(29(37)33-25-15-8-9-16-26(25)38-4)28(36(30)35-31)22-13-10-14-24(18-22)39-19-23-12-7-6-11-20(23)2/h6-16,18,28H,5,17,19H2,1-4H3,(H,33,37)(H,32,34,35). The highest BCUT2D eigenvalue weighted by atomic mass is 32.2. The van der Waals surface area contributed by atoms with Crippen molar-refractivity contribution in [2.45, 2.75) is 45.0 Å². The third-order valence-electron chi connectivity index (χ3n) is 6.70. The van der Waals surface area contributed by atoms with Crippen molar-refractivity contribution in [1.29, 1.82) is 0 Å². The molecule has 0 aliphatic carbocycles. The number of nitrogens with zero attached hydrogens (tertiary/aromatic N) is 3. The molecule has 9 heteroatoms. The first-order valence-corrected chi connectivity index (χ1v) is 14.3. The molecule has 40 heavy (non-hydrogen) atoms. The van der Waals surface area contributed by atoms with Crippen molar-refractivity contribution in [2.75, 3.05) is 23.5 Å². The first kappa shape index (κ1) is 27.3. The second kappa shape index (κ2) is 12.3. The first-order chi connectivity index (χ1) is 19.5. The van der Waals surface area contributed by atoms with E-state index < -0.39 is 6.04 Å². The maximum Gasteiger partial charge on any atom is 0.255 e. The van der Waals surface area contributed by atoms with E-state index >= 15 is 0 Å². The van der Waals surface area contributed by atoms with Gasteiger partial charge in [-0.1, -0.05) is 67.2 Å². The van der Waals surface area contributed by atoms with Gasteiger partial charge >= 0.3 is 0 Å². The summed E-state index contributed by atoms with van der Waals surface area (Å²) in [6.45, 7) is 6.54. The van der Waals surface area contributed by atoms with Gasteiger partial charge in [0.05, 0.1) is 18.4 Å². The molecule has 5 rings (SSSR count). The number of fused-ring (bicyclic) bond motifs is 1. The van der Waals surface area contributed by atoms with Crippen molar-refractivity contribution in [3.63, 3.8) is 0 Å². The van der Waals surface area contributed by atoms with Gasteiger partial charge in [-0.15, -0.1) is 5.10 Å². The quantitative estimate of drug-likeness (QED) is 0.213. The van der Waals surface area contributed by atoms with E-state index in [9.17, 15) is 4.79 Å². The summed E-state index contributed by atoms with van der Waals surface area (Å²) in [6.07, 6.45) is 1.01. The number of carbonyl (C=O) groups excluding carboxylic acids is 1. The molecule has 8 nitrogen and oxygen atoms in total. The number of rotatable bonds is 10. The highest BCUT2D eigenvalue weighted by molar-refractivity contribution is 7.99. The molecule has 1 aromatic heterocycles.